The van der Waals surface area contributed by atoms with E-state index in [9.17, 15) is 4.39 Å². The van der Waals surface area contributed by atoms with Crippen LogP contribution in [0.5, 0.6) is 0 Å². The van der Waals surface area contributed by atoms with Crippen molar-refractivity contribution in [3.05, 3.63) is 21.1 Å². The van der Waals surface area contributed by atoms with Crippen LogP contribution in [0.1, 0.15) is 26.3 Å². The van der Waals surface area contributed by atoms with Crippen molar-refractivity contribution in [1.29, 1.82) is 5.26 Å². The first-order chi connectivity index (χ1) is 7.33. The average molecular weight is 333 g/mol. The molecule has 3 nitrogen and oxygen atoms in total. The third-order valence-electron chi connectivity index (χ3n) is 1.84. The van der Waals surface area contributed by atoms with E-state index in [0.29, 0.717) is 10.2 Å². The van der Waals surface area contributed by atoms with Crippen LogP contribution >= 0.6 is 22.6 Å². The minimum Gasteiger partial charge on any atom is -0.367 e. The molecule has 0 aliphatic rings. The molecule has 0 aliphatic carbocycles. The number of hydrogen-bond donors (Lipinski definition) is 1. The number of nitrogens with one attached hydrogen (secondary N) is 1. The summed E-state index contributed by atoms with van der Waals surface area (Å²) in [6, 6.07) is 3.11. The molecule has 1 heterocycles. The van der Waals surface area contributed by atoms with Crippen LogP contribution in [0.4, 0.5) is 10.2 Å². The highest BCUT2D eigenvalue weighted by Crippen LogP contribution is 2.19. The average Bonchev–Trinajstić information content (AvgIpc) is 2.17. The Bertz CT molecular complexity index is 432. The predicted octanol–water partition coefficient (Wildman–Crippen LogP) is 3.15. The van der Waals surface area contributed by atoms with E-state index in [1.807, 2.05) is 49.4 Å². The highest BCUT2D eigenvalue weighted by atomic mass is 127. The van der Waals surface area contributed by atoms with Gasteiger partial charge in [-0.2, -0.15) is 5.26 Å². The zero-order chi connectivity index (χ0) is 12.3. The summed E-state index contributed by atoms with van der Waals surface area (Å²) in [4.78, 5) is 4.02. The maximum absolute atomic E-state index is 13.5. The lowest BCUT2D eigenvalue weighted by Gasteiger charge is -2.19. The topological polar surface area (TPSA) is 48.7 Å². The lowest BCUT2D eigenvalue weighted by atomic mass is 9.97. The van der Waals surface area contributed by atoms with Crippen molar-refractivity contribution < 1.29 is 4.39 Å². The molecule has 1 aromatic rings. The maximum atomic E-state index is 13.5. The third kappa shape index (κ3) is 3.59. The Balaban J connectivity index is 2.91. The molecule has 1 rings (SSSR count). The van der Waals surface area contributed by atoms with E-state index in [-0.39, 0.29) is 16.8 Å². The molecule has 0 saturated carbocycles. The number of rotatable bonds is 2. The second-order valence-electron chi connectivity index (χ2n) is 4.68. The number of nitrogens with zero attached hydrogens (tertiary/aromatic N) is 2. The van der Waals surface area contributed by atoms with E-state index in [0.717, 1.165) is 0 Å². The van der Waals surface area contributed by atoms with E-state index in [1.165, 1.54) is 6.07 Å². The summed E-state index contributed by atoms with van der Waals surface area (Å²) < 4.78 is 14.0. The SMILES string of the molecule is CC(C)(C)CNc1nc(I)c(C#N)cc1F. The summed E-state index contributed by atoms with van der Waals surface area (Å²) in [5.41, 5.74) is 0.312. The monoisotopic (exact) mass is 333 g/mol. The second kappa shape index (κ2) is 4.95. The lowest BCUT2D eigenvalue weighted by molar-refractivity contribution is 0.441. The Labute approximate surface area is 108 Å². The molecule has 0 aliphatic heterocycles. The number of hydrogen-bond acceptors (Lipinski definition) is 3. The highest BCUT2D eigenvalue weighted by molar-refractivity contribution is 14.1. The molecule has 86 valence electrons. The van der Waals surface area contributed by atoms with Crippen molar-refractivity contribution in [2.24, 2.45) is 5.41 Å². The predicted molar refractivity (Wildman–Crippen MR) is 69.6 cm³/mol. The van der Waals surface area contributed by atoms with E-state index in [1.54, 1.807) is 0 Å². The number of halogens is 2. The molecule has 5 heteroatoms. The Hall–Kier alpha value is -0.900. The molecule has 0 bridgehead atoms. The van der Waals surface area contributed by atoms with Crippen LogP contribution in [0.25, 0.3) is 0 Å². The van der Waals surface area contributed by atoms with E-state index in [4.69, 9.17) is 5.26 Å². The molecular weight excluding hydrogens is 320 g/mol. The van der Waals surface area contributed by atoms with Gasteiger partial charge in [0.05, 0.1) is 5.56 Å². The van der Waals surface area contributed by atoms with Gasteiger partial charge in [0.25, 0.3) is 0 Å². The normalized spacial score (nSPS) is 11.0. The Morgan fingerprint density at radius 2 is 2.19 bits per heavy atom. The van der Waals surface area contributed by atoms with Crippen molar-refractivity contribution in [2.45, 2.75) is 20.8 Å². The Morgan fingerprint density at radius 1 is 1.56 bits per heavy atom. The maximum Gasteiger partial charge on any atom is 0.166 e. The van der Waals surface area contributed by atoms with Crippen molar-refractivity contribution in [1.82, 2.24) is 4.98 Å². The van der Waals surface area contributed by atoms with Gasteiger partial charge in [-0.05, 0) is 34.1 Å². The van der Waals surface area contributed by atoms with Gasteiger partial charge >= 0.3 is 0 Å². The van der Waals surface area contributed by atoms with Crippen molar-refractivity contribution >= 4 is 28.4 Å². The van der Waals surface area contributed by atoms with Crippen molar-refractivity contribution in [2.75, 3.05) is 11.9 Å². The summed E-state index contributed by atoms with van der Waals surface area (Å²) in [5.74, 6) is -0.278. The van der Waals surface area contributed by atoms with Gasteiger partial charge in [0, 0.05) is 6.54 Å². The first-order valence-corrected chi connectivity index (χ1v) is 5.91. The molecular formula is C11H13FIN3. The summed E-state index contributed by atoms with van der Waals surface area (Å²) in [5, 5.41) is 11.7. The number of pyridine rings is 1. The largest absolute Gasteiger partial charge is 0.367 e. The standard InChI is InChI=1S/C11H13FIN3/c1-11(2,3)6-15-10-8(12)4-7(5-14)9(13)16-10/h4H,6H2,1-3H3,(H,15,16). The van der Waals surface area contributed by atoms with Gasteiger partial charge in [-0.15, -0.1) is 0 Å². The summed E-state index contributed by atoms with van der Waals surface area (Å²) in [6.45, 7) is 6.77. The number of nitriles is 1. The molecule has 0 aromatic carbocycles. The summed E-state index contributed by atoms with van der Waals surface area (Å²) in [7, 11) is 0. The van der Waals surface area contributed by atoms with Crippen molar-refractivity contribution in [3.63, 3.8) is 0 Å². The fourth-order valence-corrected chi connectivity index (χ4v) is 1.54. The smallest absolute Gasteiger partial charge is 0.166 e. The summed E-state index contributed by atoms with van der Waals surface area (Å²) in [6.07, 6.45) is 0. The first kappa shape index (κ1) is 13.2. The molecule has 0 amide bonds. The molecule has 0 radical (unpaired) electrons. The van der Waals surface area contributed by atoms with Gasteiger partial charge in [0.15, 0.2) is 11.6 Å². The van der Waals surface area contributed by atoms with Crippen LogP contribution in [0.15, 0.2) is 6.07 Å². The molecule has 16 heavy (non-hydrogen) atoms. The van der Waals surface area contributed by atoms with E-state index >= 15 is 0 Å². The fourth-order valence-electron chi connectivity index (χ4n) is 1.02. The third-order valence-corrected chi connectivity index (χ3v) is 2.66. The van der Waals surface area contributed by atoms with E-state index < -0.39 is 5.82 Å². The number of anilines is 1. The quantitative estimate of drug-likeness (QED) is 0.668. The molecule has 1 N–H and O–H groups in total. The molecule has 0 unspecified atom stereocenters. The van der Waals surface area contributed by atoms with Crippen LogP contribution in [-0.2, 0) is 0 Å². The second-order valence-corrected chi connectivity index (χ2v) is 5.70. The van der Waals surface area contributed by atoms with Gasteiger partial charge in [-0.3, -0.25) is 0 Å². The van der Waals surface area contributed by atoms with E-state index in [2.05, 4.69) is 10.3 Å². The van der Waals surface area contributed by atoms with Gasteiger partial charge in [0.2, 0.25) is 0 Å². The minimum absolute atomic E-state index is 0.0491. The van der Waals surface area contributed by atoms with Gasteiger partial charge in [0.1, 0.15) is 9.77 Å². The zero-order valence-corrected chi connectivity index (χ0v) is 11.6. The Kier molecular flexibility index (Phi) is 4.08. The van der Waals surface area contributed by atoms with Crippen LogP contribution in [-0.4, -0.2) is 11.5 Å². The van der Waals surface area contributed by atoms with Crippen LogP contribution < -0.4 is 5.32 Å². The molecule has 0 fully saturated rings. The Morgan fingerprint density at radius 3 is 2.69 bits per heavy atom. The summed E-state index contributed by atoms with van der Waals surface area (Å²) >= 11 is 1.92. The lowest BCUT2D eigenvalue weighted by Crippen LogP contribution is -2.20. The molecule has 0 spiro atoms. The van der Waals surface area contributed by atoms with Crippen LogP contribution in [0, 0.1) is 26.3 Å². The number of aromatic nitrogens is 1. The van der Waals surface area contributed by atoms with Gasteiger partial charge in [-0.25, -0.2) is 9.37 Å². The first-order valence-electron chi connectivity index (χ1n) is 4.83. The molecule has 0 saturated heterocycles. The molecule has 0 atom stereocenters. The molecule has 1 aromatic heterocycles. The van der Waals surface area contributed by atoms with Crippen LogP contribution in [0.3, 0.4) is 0 Å². The van der Waals surface area contributed by atoms with Gasteiger partial charge in [-0.1, -0.05) is 20.8 Å². The van der Waals surface area contributed by atoms with Crippen molar-refractivity contribution in [3.8, 4) is 6.07 Å². The van der Waals surface area contributed by atoms with Crippen LogP contribution in [0.2, 0.25) is 0 Å². The van der Waals surface area contributed by atoms with Gasteiger partial charge < -0.3 is 5.32 Å². The highest BCUT2D eigenvalue weighted by Gasteiger charge is 2.14. The zero-order valence-electron chi connectivity index (χ0n) is 9.43. The minimum atomic E-state index is -0.485. The fraction of sp³-hybridized carbons (Fsp3) is 0.455.